The number of hydrogen-bond acceptors (Lipinski definition) is 4. The topological polar surface area (TPSA) is 91.2 Å². The minimum Gasteiger partial charge on any atom is -0.370 e. The minimum atomic E-state index is 0.0253. The summed E-state index contributed by atoms with van der Waals surface area (Å²) in [6, 6.07) is 9.33. The number of rotatable bonds is 7. The molecule has 2 aliphatic heterocycles. The number of unbranched alkanes of at least 4 members (excludes halogenated alkanes) is 2. The molecule has 3 heterocycles. The molecule has 7 heteroatoms. The Bertz CT molecular complexity index is 992. The van der Waals surface area contributed by atoms with Gasteiger partial charge in [-0.2, -0.15) is 0 Å². The molecule has 174 valence electrons. The maximum atomic E-state index is 13.4. The van der Waals surface area contributed by atoms with E-state index in [0.717, 1.165) is 43.4 Å². The zero-order chi connectivity index (χ0) is 22.7. The average molecular weight is 439 g/mol. The molecule has 0 saturated carbocycles. The highest BCUT2D eigenvalue weighted by Gasteiger charge is 2.29. The maximum Gasteiger partial charge on any atom is 0.273 e. The molecular weight excluding hydrogens is 400 g/mol. The molecule has 1 unspecified atom stereocenters. The van der Waals surface area contributed by atoms with Crippen LogP contribution in [0, 0.1) is 5.41 Å². The summed E-state index contributed by atoms with van der Waals surface area (Å²) in [5.41, 5.74) is 8.11. The van der Waals surface area contributed by atoms with E-state index in [2.05, 4.69) is 18.7 Å². The third kappa shape index (κ3) is 4.82. The van der Waals surface area contributed by atoms with Gasteiger partial charge in [0.1, 0.15) is 5.69 Å². The third-order valence-corrected chi connectivity index (χ3v) is 7.47. The number of aromatic nitrogens is 2. The van der Waals surface area contributed by atoms with Crippen molar-refractivity contribution in [2.75, 3.05) is 19.6 Å². The lowest BCUT2D eigenvalue weighted by Crippen LogP contribution is -2.44. The van der Waals surface area contributed by atoms with Gasteiger partial charge in [-0.05, 0) is 64.6 Å². The number of guanidine groups is 1. The molecule has 2 aromatic rings. The van der Waals surface area contributed by atoms with Gasteiger partial charge in [-0.15, -0.1) is 0 Å². The van der Waals surface area contributed by atoms with Gasteiger partial charge in [0.05, 0.1) is 11.0 Å². The molecule has 1 aromatic carbocycles. The van der Waals surface area contributed by atoms with Gasteiger partial charge in [-0.3, -0.25) is 15.1 Å². The number of nitrogens with one attached hydrogen (secondary N) is 1. The first kappa shape index (κ1) is 22.8. The molecule has 2 aliphatic rings. The Kier molecular flexibility index (Phi) is 7.13. The molecule has 32 heavy (non-hydrogen) atoms. The van der Waals surface area contributed by atoms with E-state index in [9.17, 15) is 4.79 Å². The number of likely N-dealkylation sites (tertiary alicyclic amines) is 2. The quantitative estimate of drug-likeness (QED) is 0.392. The molecule has 0 amide bonds. The number of para-hydroxylation sites is 2. The summed E-state index contributed by atoms with van der Waals surface area (Å²) < 4.78 is 1.93. The van der Waals surface area contributed by atoms with Crippen LogP contribution < -0.4 is 11.3 Å². The van der Waals surface area contributed by atoms with Crippen molar-refractivity contribution in [2.24, 2.45) is 5.73 Å². The van der Waals surface area contributed by atoms with Crippen LogP contribution in [-0.2, 0) is 6.54 Å². The van der Waals surface area contributed by atoms with E-state index in [-0.39, 0.29) is 17.4 Å². The Hall–Kier alpha value is -2.41. The fraction of sp³-hybridized carbons (Fsp3) is 0.640. The minimum absolute atomic E-state index is 0.0253. The van der Waals surface area contributed by atoms with Gasteiger partial charge in [0, 0.05) is 37.6 Å². The lowest BCUT2D eigenvalue weighted by atomic mass is 9.97. The first-order valence-corrected chi connectivity index (χ1v) is 12.3. The van der Waals surface area contributed by atoms with Crippen molar-refractivity contribution in [1.82, 2.24) is 19.4 Å². The number of aryl methyl sites for hydroxylation is 1. The highest BCUT2D eigenvalue weighted by Crippen LogP contribution is 2.25. The Balaban J connectivity index is 1.44. The predicted molar refractivity (Wildman–Crippen MR) is 130 cm³/mol. The average Bonchev–Trinajstić information content (AvgIpc) is 3.27. The van der Waals surface area contributed by atoms with Crippen molar-refractivity contribution < 1.29 is 0 Å². The SMILES string of the molecule is C[C@@H]1CCC[C@H](C)N1CCCCCn1c(=O)c(C2CCN(C(=N)N)C2)nc2ccccc21. The fourth-order valence-corrected chi connectivity index (χ4v) is 5.56. The van der Waals surface area contributed by atoms with Gasteiger partial charge >= 0.3 is 0 Å². The fourth-order valence-electron chi connectivity index (χ4n) is 5.56. The van der Waals surface area contributed by atoms with Gasteiger partial charge in [0.2, 0.25) is 0 Å². The van der Waals surface area contributed by atoms with Crippen LogP contribution in [0.2, 0.25) is 0 Å². The van der Waals surface area contributed by atoms with E-state index in [0.29, 0.717) is 30.9 Å². The summed E-state index contributed by atoms with van der Waals surface area (Å²) in [6.07, 6.45) is 8.08. The first-order valence-electron chi connectivity index (χ1n) is 12.3. The summed E-state index contributed by atoms with van der Waals surface area (Å²) in [6.45, 7) is 7.90. The normalized spacial score (nSPS) is 24.3. The first-order chi connectivity index (χ1) is 15.5. The molecule has 3 atom stereocenters. The zero-order valence-corrected chi connectivity index (χ0v) is 19.6. The van der Waals surface area contributed by atoms with E-state index >= 15 is 0 Å². The van der Waals surface area contributed by atoms with Crippen LogP contribution in [0.25, 0.3) is 11.0 Å². The molecule has 1 aromatic heterocycles. The standard InChI is InChI=1S/C25H38N6O/c1-18-9-8-10-19(2)30(18)14-6-3-7-15-31-22-12-5-4-11-21(22)28-23(24(31)32)20-13-16-29(17-20)25(26)27/h4-5,11-12,18-20H,3,6-10,13-17H2,1-2H3,(H3,26,27)/t18-,19+,20?. The Labute approximate surface area is 191 Å². The number of nitrogens with zero attached hydrogens (tertiary/aromatic N) is 4. The number of hydrogen-bond donors (Lipinski definition) is 2. The summed E-state index contributed by atoms with van der Waals surface area (Å²) in [7, 11) is 0. The second kappa shape index (κ2) is 10.0. The number of nitrogens with two attached hydrogens (primary N) is 1. The Morgan fingerprint density at radius 3 is 2.53 bits per heavy atom. The van der Waals surface area contributed by atoms with Crippen molar-refractivity contribution in [2.45, 2.75) is 83.3 Å². The van der Waals surface area contributed by atoms with Crippen molar-refractivity contribution in [3.05, 3.63) is 40.3 Å². The highest BCUT2D eigenvalue weighted by molar-refractivity contribution is 5.76. The summed E-state index contributed by atoms with van der Waals surface area (Å²) in [5, 5.41) is 7.70. The second-order valence-electron chi connectivity index (χ2n) is 9.69. The van der Waals surface area contributed by atoms with Gasteiger partial charge < -0.3 is 15.2 Å². The molecule has 0 spiro atoms. The molecular formula is C25H38N6O. The van der Waals surface area contributed by atoms with Crippen molar-refractivity contribution in [3.8, 4) is 0 Å². The van der Waals surface area contributed by atoms with Gasteiger partial charge in [-0.1, -0.05) is 25.0 Å². The van der Waals surface area contributed by atoms with Crippen LogP contribution in [0.4, 0.5) is 0 Å². The van der Waals surface area contributed by atoms with E-state index in [4.69, 9.17) is 16.1 Å². The summed E-state index contributed by atoms with van der Waals surface area (Å²) in [5.74, 6) is 0.107. The second-order valence-corrected chi connectivity index (χ2v) is 9.69. The molecule has 0 aliphatic carbocycles. The van der Waals surface area contributed by atoms with E-state index in [1.165, 1.54) is 25.7 Å². The number of piperidine rings is 1. The molecule has 4 rings (SSSR count). The molecule has 0 radical (unpaired) electrons. The zero-order valence-electron chi connectivity index (χ0n) is 19.6. The summed E-state index contributed by atoms with van der Waals surface area (Å²) in [4.78, 5) is 22.7. The number of fused-ring (bicyclic) bond motifs is 1. The molecule has 2 saturated heterocycles. The molecule has 3 N–H and O–H groups in total. The monoisotopic (exact) mass is 438 g/mol. The van der Waals surface area contributed by atoms with Crippen LogP contribution in [-0.4, -0.2) is 57.0 Å². The third-order valence-electron chi connectivity index (χ3n) is 7.47. The van der Waals surface area contributed by atoms with Crippen LogP contribution in [0.15, 0.2) is 29.1 Å². The smallest absolute Gasteiger partial charge is 0.273 e. The Morgan fingerprint density at radius 1 is 1.09 bits per heavy atom. The van der Waals surface area contributed by atoms with Gasteiger partial charge in [-0.25, -0.2) is 4.98 Å². The summed E-state index contributed by atoms with van der Waals surface area (Å²) >= 11 is 0. The van der Waals surface area contributed by atoms with Crippen molar-refractivity contribution in [1.29, 1.82) is 5.41 Å². The largest absolute Gasteiger partial charge is 0.370 e. The van der Waals surface area contributed by atoms with Crippen molar-refractivity contribution in [3.63, 3.8) is 0 Å². The molecule has 7 nitrogen and oxygen atoms in total. The lowest BCUT2D eigenvalue weighted by molar-refractivity contribution is 0.101. The Morgan fingerprint density at radius 2 is 1.81 bits per heavy atom. The maximum absolute atomic E-state index is 13.4. The van der Waals surface area contributed by atoms with Crippen LogP contribution in [0.1, 0.15) is 70.4 Å². The van der Waals surface area contributed by atoms with Gasteiger partial charge in [0.15, 0.2) is 5.96 Å². The molecule has 0 bridgehead atoms. The van der Waals surface area contributed by atoms with E-state index in [1.807, 2.05) is 33.7 Å². The highest BCUT2D eigenvalue weighted by atomic mass is 16.1. The van der Waals surface area contributed by atoms with E-state index in [1.54, 1.807) is 0 Å². The van der Waals surface area contributed by atoms with Gasteiger partial charge in [0.25, 0.3) is 5.56 Å². The van der Waals surface area contributed by atoms with Crippen LogP contribution in [0.5, 0.6) is 0 Å². The van der Waals surface area contributed by atoms with Crippen LogP contribution in [0.3, 0.4) is 0 Å². The van der Waals surface area contributed by atoms with E-state index < -0.39 is 0 Å². The number of benzene rings is 1. The van der Waals surface area contributed by atoms with Crippen LogP contribution >= 0.6 is 0 Å². The lowest BCUT2D eigenvalue weighted by Gasteiger charge is -2.39. The van der Waals surface area contributed by atoms with Crippen molar-refractivity contribution >= 4 is 17.0 Å². The predicted octanol–water partition coefficient (Wildman–Crippen LogP) is 3.51. The molecule has 2 fully saturated rings.